The van der Waals surface area contributed by atoms with Crippen LogP contribution in [0.15, 0.2) is 48.5 Å². The number of hydrogen-bond donors (Lipinski definition) is 0. The zero-order valence-corrected chi connectivity index (χ0v) is 12.0. The number of nitro benzene ring substituents is 1. The van der Waals surface area contributed by atoms with E-state index < -0.39 is 4.92 Å². The molecule has 0 unspecified atom stereocenters. The van der Waals surface area contributed by atoms with Crippen molar-refractivity contribution in [1.82, 2.24) is 0 Å². The van der Waals surface area contributed by atoms with Crippen molar-refractivity contribution in [1.29, 1.82) is 0 Å². The molecule has 0 heterocycles. The summed E-state index contributed by atoms with van der Waals surface area (Å²) in [6, 6.07) is 11.7. The van der Waals surface area contributed by atoms with E-state index in [0.717, 1.165) is 11.1 Å². The summed E-state index contributed by atoms with van der Waals surface area (Å²) < 4.78 is 0. The molecule has 2 rings (SSSR count). The minimum absolute atomic E-state index is 0.0132. The first kappa shape index (κ1) is 14.9. The van der Waals surface area contributed by atoms with Crippen molar-refractivity contribution in [3.8, 4) is 0 Å². The van der Waals surface area contributed by atoms with Crippen LogP contribution in [0, 0.1) is 17.0 Å². The van der Waals surface area contributed by atoms with Crippen LogP contribution < -0.4 is 0 Å². The Morgan fingerprint density at radius 1 is 1.24 bits per heavy atom. The molecule has 0 radical (unpaired) electrons. The lowest BCUT2D eigenvalue weighted by Crippen LogP contribution is -1.97. The molecule has 106 valence electrons. The Morgan fingerprint density at radius 3 is 2.67 bits per heavy atom. The van der Waals surface area contributed by atoms with E-state index >= 15 is 0 Å². The number of carbonyl (C=O) groups is 1. The minimum Gasteiger partial charge on any atom is -0.289 e. The number of carbonyl (C=O) groups excluding carboxylic acids is 1. The molecule has 0 aromatic heterocycles. The van der Waals surface area contributed by atoms with E-state index in [4.69, 9.17) is 11.6 Å². The quantitative estimate of drug-likeness (QED) is 0.363. The maximum absolute atomic E-state index is 12.0. The van der Waals surface area contributed by atoms with Gasteiger partial charge >= 0.3 is 0 Å². The van der Waals surface area contributed by atoms with Gasteiger partial charge in [0.1, 0.15) is 5.02 Å². The molecule has 0 aliphatic rings. The highest BCUT2D eigenvalue weighted by Gasteiger charge is 2.14. The molecule has 0 amide bonds. The molecule has 0 aliphatic carbocycles. The second-order valence-corrected chi connectivity index (χ2v) is 4.94. The average molecular weight is 302 g/mol. The molecule has 4 nitrogen and oxygen atoms in total. The summed E-state index contributed by atoms with van der Waals surface area (Å²) in [5.41, 5.74) is 1.94. The lowest BCUT2D eigenvalue weighted by atomic mass is 10.1. The van der Waals surface area contributed by atoms with Gasteiger partial charge < -0.3 is 0 Å². The van der Waals surface area contributed by atoms with Gasteiger partial charge in [-0.3, -0.25) is 14.9 Å². The third kappa shape index (κ3) is 3.77. The van der Waals surface area contributed by atoms with Crippen LogP contribution in [-0.2, 0) is 0 Å². The Hall–Kier alpha value is -2.46. The number of benzene rings is 2. The molecule has 2 aromatic rings. The van der Waals surface area contributed by atoms with Gasteiger partial charge in [-0.1, -0.05) is 47.5 Å². The Bertz CT molecular complexity index is 738. The van der Waals surface area contributed by atoms with E-state index in [-0.39, 0.29) is 22.1 Å². The standard InChI is InChI=1S/C16H12ClNO3/c1-11-3-2-4-12(9-11)5-8-16(19)13-6-7-14(17)15(10-13)18(20)21/h2-10H,1H3. The van der Waals surface area contributed by atoms with Crippen molar-refractivity contribution in [3.05, 3.63) is 80.4 Å². The van der Waals surface area contributed by atoms with Gasteiger partial charge in [-0.25, -0.2) is 0 Å². The third-order valence-electron chi connectivity index (χ3n) is 2.90. The predicted molar refractivity (Wildman–Crippen MR) is 82.6 cm³/mol. The molecule has 0 atom stereocenters. The number of nitro groups is 1. The van der Waals surface area contributed by atoms with E-state index in [0.29, 0.717) is 0 Å². The number of aryl methyl sites for hydroxylation is 1. The first-order chi connectivity index (χ1) is 9.97. The summed E-state index contributed by atoms with van der Waals surface area (Å²) in [6.45, 7) is 1.96. The van der Waals surface area contributed by atoms with Crippen LogP contribution in [0.1, 0.15) is 21.5 Å². The minimum atomic E-state index is -0.608. The second-order valence-electron chi connectivity index (χ2n) is 4.54. The third-order valence-corrected chi connectivity index (χ3v) is 3.22. The van der Waals surface area contributed by atoms with Gasteiger partial charge in [-0.2, -0.15) is 0 Å². The van der Waals surface area contributed by atoms with Crippen LogP contribution in [0.3, 0.4) is 0 Å². The molecule has 0 saturated heterocycles. The van der Waals surface area contributed by atoms with Gasteiger partial charge in [0, 0.05) is 11.6 Å². The summed E-state index contributed by atoms with van der Waals surface area (Å²) in [6.07, 6.45) is 3.07. The number of nitrogens with zero attached hydrogens (tertiary/aromatic N) is 1. The van der Waals surface area contributed by atoms with Gasteiger partial charge in [0.2, 0.25) is 0 Å². The van der Waals surface area contributed by atoms with E-state index in [9.17, 15) is 14.9 Å². The fourth-order valence-corrected chi connectivity index (χ4v) is 2.03. The molecule has 0 spiro atoms. The first-order valence-corrected chi connectivity index (χ1v) is 6.58. The summed E-state index contributed by atoms with van der Waals surface area (Å²) in [7, 11) is 0. The van der Waals surface area contributed by atoms with Crippen LogP contribution >= 0.6 is 11.6 Å². The van der Waals surface area contributed by atoms with Crippen molar-refractivity contribution in [2.75, 3.05) is 0 Å². The highest BCUT2D eigenvalue weighted by atomic mass is 35.5. The zero-order valence-electron chi connectivity index (χ0n) is 11.2. The Morgan fingerprint density at radius 2 is 2.00 bits per heavy atom. The van der Waals surface area contributed by atoms with Crippen LogP contribution in [0.2, 0.25) is 5.02 Å². The normalized spacial score (nSPS) is 10.8. The number of rotatable bonds is 4. The summed E-state index contributed by atoms with van der Waals surface area (Å²) >= 11 is 5.72. The summed E-state index contributed by atoms with van der Waals surface area (Å²) in [5.74, 6) is -0.309. The Labute approximate surface area is 126 Å². The fourth-order valence-electron chi connectivity index (χ4n) is 1.85. The van der Waals surface area contributed by atoms with Crippen molar-refractivity contribution < 1.29 is 9.72 Å². The highest BCUT2D eigenvalue weighted by Crippen LogP contribution is 2.25. The number of allylic oxidation sites excluding steroid dienone is 1. The average Bonchev–Trinajstić information content (AvgIpc) is 2.45. The number of ketones is 1. The Kier molecular flexibility index (Phi) is 4.50. The number of halogens is 1. The molecule has 0 fully saturated rings. The van der Waals surface area contributed by atoms with Crippen LogP contribution in [0.4, 0.5) is 5.69 Å². The topological polar surface area (TPSA) is 60.2 Å². The Balaban J connectivity index is 2.25. The largest absolute Gasteiger partial charge is 0.289 e. The zero-order chi connectivity index (χ0) is 15.4. The van der Waals surface area contributed by atoms with Crippen LogP contribution in [0.5, 0.6) is 0 Å². The summed E-state index contributed by atoms with van der Waals surface area (Å²) in [5, 5.41) is 10.8. The smallest absolute Gasteiger partial charge is 0.288 e. The monoisotopic (exact) mass is 301 g/mol. The van der Waals surface area contributed by atoms with Gasteiger partial charge in [-0.05, 0) is 30.7 Å². The van der Waals surface area contributed by atoms with Gasteiger partial charge in [0.05, 0.1) is 4.92 Å². The molecule has 0 N–H and O–H groups in total. The van der Waals surface area contributed by atoms with E-state index in [2.05, 4.69) is 0 Å². The molecule has 0 aliphatic heterocycles. The summed E-state index contributed by atoms with van der Waals surface area (Å²) in [4.78, 5) is 22.2. The van der Waals surface area contributed by atoms with E-state index in [1.165, 1.54) is 24.3 Å². The molecule has 5 heteroatoms. The maximum Gasteiger partial charge on any atom is 0.288 e. The number of hydrogen-bond acceptors (Lipinski definition) is 3. The SMILES string of the molecule is Cc1cccc(C=CC(=O)c2ccc(Cl)c([N+](=O)[O-])c2)c1. The molecule has 21 heavy (non-hydrogen) atoms. The van der Waals surface area contributed by atoms with Gasteiger partial charge in [-0.15, -0.1) is 0 Å². The van der Waals surface area contributed by atoms with Gasteiger partial charge in [0.25, 0.3) is 5.69 Å². The molecule has 0 saturated carbocycles. The fraction of sp³-hybridized carbons (Fsp3) is 0.0625. The van der Waals surface area contributed by atoms with Crippen molar-refractivity contribution in [2.45, 2.75) is 6.92 Å². The second kappa shape index (κ2) is 6.33. The van der Waals surface area contributed by atoms with E-state index in [1.807, 2.05) is 31.2 Å². The molecular formula is C16H12ClNO3. The lowest BCUT2D eigenvalue weighted by molar-refractivity contribution is -0.384. The van der Waals surface area contributed by atoms with Crippen molar-refractivity contribution in [2.24, 2.45) is 0 Å². The van der Waals surface area contributed by atoms with Gasteiger partial charge in [0.15, 0.2) is 5.78 Å². The molecule has 2 aromatic carbocycles. The maximum atomic E-state index is 12.0. The molecule has 0 bridgehead atoms. The van der Waals surface area contributed by atoms with Crippen molar-refractivity contribution in [3.63, 3.8) is 0 Å². The van der Waals surface area contributed by atoms with Crippen LogP contribution in [-0.4, -0.2) is 10.7 Å². The molecular weight excluding hydrogens is 290 g/mol. The van der Waals surface area contributed by atoms with Crippen molar-refractivity contribution >= 4 is 29.1 Å². The highest BCUT2D eigenvalue weighted by molar-refractivity contribution is 6.32. The van der Waals surface area contributed by atoms with Crippen LogP contribution in [0.25, 0.3) is 6.08 Å². The first-order valence-electron chi connectivity index (χ1n) is 6.20. The predicted octanol–water partition coefficient (Wildman–Crippen LogP) is 4.45. The lowest BCUT2D eigenvalue weighted by Gasteiger charge is -1.99. The van der Waals surface area contributed by atoms with E-state index in [1.54, 1.807) is 6.08 Å².